The summed E-state index contributed by atoms with van der Waals surface area (Å²) in [5, 5.41) is 0. The molecule has 0 saturated carbocycles. The Labute approximate surface area is 160 Å². The molecule has 1 aliphatic rings. The first kappa shape index (κ1) is 19.9. The molecule has 0 radical (unpaired) electrons. The zero-order valence-electron chi connectivity index (χ0n) is 15.5. The average molecular weight is 392 g/mol. The lowest BCUT2D eigenvalue weighted by Crippen LogP contribution is -2.48. The van der Waals surface area contributed by atoms with Gasteiger partial charge in [-0.3, -0.25) is 9.80 Å². The summed E-state index contributed by atoms with van der Waals surface area (Å²) in [5.74, 6) is -0.205. The molecule has 1 saturated heterocycles. The smallest absolute Gasteiger partial charge is 0.240 e. The van der Waals surface area contributed by atoms with Gasteiger partial charge in [0.1, 0.15) is 5.82 Å². The summed E-state index contributed by atoms with van der Waals surface area (Å²) in [5.41, 5.74) is 0.985. The molecule has 1 N–H and O–H groups in total. The maximum Gasteiger partial charge on any atom is 0.240 e. The zero-order chi connectivity index (χ0) is 19.3. The van der Waals surface area contributed by atoms with E-state index in [1.54, 1.807) is 42.5 Å². The Morgan fingerprint density at radius 1 is 1.04 bits per heavy atom. The Morgan fingerprint density at radius 3 is 2.41 bits per heavy atom. The number of benzene rings is 2. The first-order chi connectivity index (χ1) is 13.0. The van der Waals surface area contributed by atoms with Crippen LogP contribution in [0.4, 0.5) is 4.39 Å². The highest BCUT2D eigenvalue weighted by Crippen LogP contribution is 2.22. The summed E-state index contributed by atoms with van der Waals surface area (Å²) in [4.78, 5) is 4.88. The molecule has 5 nitrogen and oxygen atoms in total. The third-order valence-electron chi connectivity index (χ3n) is 5.06. The Kier molecular flexibility index (Phi) is 6.59. The minimum atomic E-state index is -3.45. The summed E-state index contributed by atoms with van der Waals surface area (Å²) < 4.78 is 40.6. The zero-order valence-corrected chi connectivity index (χ0v) is 16.3. The predicted molar refractivity (Wildman–Crippen MR) is 104 cm³/mol. The summed E-state index contributed by atoms with van der Waals surface area (Å²) in [7, 11) is -3.45. The molecule has 1 aliphatic heterocycles. The molecule has 1 fully saturated rings. The second-order valence-electron chi connectivity index (χ2n) is 6.82. The van der Waals surface area contributed by atoms with Crippen LogP contribution in [0.5, 0.6) is 0 Å². The highest BCUT2D eigenvalue weighted by molar-refractivity contribution is 7.89. The van der Waals surface area contributed by atoms with Crippen molar-refractivity contribution in [3.8, 4) is 0 Å². The van der Waals surface area contributed by atoms with Gasteiger partial charge in [0.2, 0.25) is 10.0 Å². The van der Waals surface area contributed by atoms with Crippen LogP contribution in [0.3, 0.4) is 0 Å². The van der Waals surface area contributed by atoms with Crippen molar-refractivity contribution >= 4 is 10.0 Å². The molecule has 27 heavy (non-hydrogen) atoms. The minimum absolute atomic E-state index is 0.166. The van der Waals surface area contributed by atoms with E-state index < -0.39 is 10.0 Å². The Morgan fingerprint density at radius 2 is 1.74 bits per heavy atom. The van der Waals surface area contributed by atoms with E-state index >= 15 is 0 Å². The molecule has 3 rings (SSSR count). The Bertz CT molecular complexity index is 837. The fraction of sp³-hybridized carbons (Fsp3) is 0.400. The first-order valence-electron chi connectivity index (χ1n) is 9.22. The molecule has 0 amide bonds. The summed E-state index contributed by atoms with van der Waals surface area (Å²) in [6.45, 7) is 6.65. The van der Waals surface area contributed by atoms with Crippen LogP contribution in [0.2, 0.25) is 0 Å². The van der Waals surface area contributed by atoms with Gasteiger partial charge < -0.3 is 0 Å². The third kappa shape index (κ3) is 5.35. The average Bonchev–Trinajstić information content (AvgIpc) is 2.68. The first-order valence-corrected chi connectivity index (χ1v) is 10.7. The lowest BCUT2D eigenvalue weighted by atomic mass is 10.1. The van der Waals surface area contributed by atoms with E-state index in [-0.39, 0.29) is 11.9 Å². The van der Waals surface area contributed by atoms with Crippen LogP contribution in [0.1, 0.15) is 18.5 Å². The van der Waals surface area contributed by atoms with E-state index in [4.69, 9.17) is 0 Å². The molecule has 1 unspecified atom stereocenters. The highest BCUT2D eigenvalue weighted by atomic mass is 32.2. The summed E-state index contributed by atoms with van der Waals surface area (Å²) in [6.07, 6.45) is 0. The number of rotatable bonds is 7. The van der Waals surface area contributed by atoms with Crippen molar-refractivity contribution in [1.82, 2.24) is 14.5 Å². The van der Waals surface area contributed by atoms with Gasteiger partial charge in [-0.25, -0.2) is 17.5 Å². The van der Waals surface area contributed by atoms with Crippen LogP contribution in [0.25, 0.3) is 0 Å². The van der Waals surface area contributed by atoms with Gasteiger partial charge in [-0.05, 0) is 36.8 Å². The molecule has 0 aromatic heterocycles. The molecule has 2 aromatic rings. The van der Waals surface area contributed by atoms with E-state index in [9.17, 15) is 12.8 Å². The molecular formula is C20H26FN3O2S. The quantitative estimate of drug-likeness (QED) is 0.788. The maximum atomic E-state index is 13.4. The molecule has 0 spiro atoms. The molecule has 146 valence electrons. The maximum absolute atomic E-state index is 13.4. The molecule has 1 heterocycles. The highest BCUT2D eigenvalue weighted by Gasteiger charge is 2.22. The van der Waals surface area contributed by atoms with Crippen molar-refractivity contribution in [2.45, 2.75) is 17.9 Å². The molecule has 0 bridgehead atoms. The van der Waals surface area contributed by atoms with Crippen molar-refractivity contribution in [1.29, 1.82) is 0 Å². The number of nitrogens with one attached hydrogen (secondary N) is 1. The SMILES string of the molecule is CC(c1cccc(F)c1)N1CCN(CCNS(=O)(=O)c2ccccc2)CC1. The van der Waals surface area contributed by atoms with Crippen LogP contribution < -0.4 is 4.72 Å². The standard InChI is InChI=1S/C20H26FN3O2S/c1-17(18-6-5-7-19(21)16-18)24-14-12-23(13-15-24)11-10-22-27(25,26)20-8-3-2-4-9-20/h2-9,16-17,22H,10-15H2,1H3. The van der Waals surface area contributed by atoms with Gasteiger partial charge in [0, 0.05) is 45.3 Å². The fourth-order valence-corrected chi connectivity index (χ4v) is 4.41. The molecular weight excluding hydrogens is 365 g/mol. The van der Waals surface area contributed by atoms with E-state index in [0.717, 1.165) is 31.7 Å². The Balaban J connectivity index is 1.45. The molecule has 0 aliphatic carbocycles. The van der Waals surface area contributed by atoms with Crippen LogP contribution >= 0.6 is 0 Å². The molecule has 7 heteroatoms. The second-order valence-corrected chi connectivity index (χ2v) is 8.59. The van der Waals surface area contributed by atoms with Crippen LogP contribution in [0, 0.1) is 5.82 Å². The van der Waals surface area contributed by atoms with Crippen molar-refractivity contribution < 1.29 is 12.8 Å². The number of halogens is 1. The van der Waals surface area contributed by atoms with Gasteiger partial charge in [-0.2, -0.15) is 0 Å². The number of hydrogen-bond acceptors (Lipinski definition) is 4. The van der Waals surface area contributed by atoms with Gasteiger partial charge in [-0.15, -0.1) is 0 Å². The van der Waals surface area contributed by atoms with Crippen molar-refractivity contribution in [2.24, 2.45) is 0 Å². The topological polar surface area (TPSA) is 52.6 Å². The van der Waals surface area contributed by atoms with Gasteiger partial charge in [0.25, 0.3) is 0 Å². The van der Waals surface area contributed by atoms with E-state index in [1.165, 1.54) is 6.07 Å². The van der Waals surface area contributed by atoms with Gasteiger partial charge >= 0.3 is 0 Å². The number of piperazine rings is 1. The lowest BCUT2D eigenvalue weighted by Gasteiger charge is -2.38. The van der Waals surface area contributed by atoms with Gasteiger partial charge in [-0.1, -0.05) is 30.3 Å². The van der Waals surface area contributed by atoms with Crippen LogP contribution in [0.15, 0.2) is 59.5 Å². The van der Waals surface area contributed by atoms with Crippen molar-refractivity contribution in [3.05, 3.63) is 66.0 Å². The summed E-state index contributed by atoms with van der Waals surface area (Å²) in [6, 6.07) is 15.3. The lowest BCUT2D eigenvalue weighted by molar-refractivity contribution is 0.104. The number of nitrogens with zero attached hydrogens (tertiary/aromatic N) is 2. The summed E-state index contributed by atoms with van der Waals surface area (Å²) >= 11 is 0. The number of hydrogen-bond donors (Lipinski definition) is 1. The minimum Gasteiger partial charge on any atom is -0.299 e. The largest absolute Gasteiger partial charge is 0.299 e. The van der Waals surface area contributed by atoms with Crippen LogP contribution in [-0.4, -0.2) is 57.5 Å². The Hall–Kier alpha value is -1.80. The third-order valence-corrected chi connectivity index (χ3v) is 6.54. The normalized spacial score (nSPS) is 17.7. The van der Waals surface area contributed by atoms with Gasteiger partial charge in [0.05, 0.1) is 4.90 Å². The predicted octanol–water partition coefficient (Wildman–Crippen LogP) is 2.48. The second kappa shape index (κ2) is 8.93. The molecule has 2 aromatic carbocycles. The monoisotopic (exact) mass is 391 g/mol. The van der Waals surface area contributed by atoms with Crippen molar-refractivity contribution in [2.75, 3.05) is 39.3 Å². The fourth-order valence-electron chi connectivity index (χ4n) is 3.37. The number of sulfonamides is 1. The van der Waals surface area contributed by atoms with Crippen LogP contribution in [-0.2, 0) is 10.0 Å². The van der Waals surface area contributed by atoms with Gasteiger partial charge in [0.15, 0.2) is 0 Å². The van der Waals surface area contributed by atoms with E-state index in [2.05, 4.69) is 21.4 Å². The van der Waals surface area contributed by atoms with Crippen molar-refractivity contribution in [3.63, 3.8) is 0 Å². The molecule has 1 atom stereocenters. The van der Waals surface area contributed by atoms with E-state index in [1.807, 2.05) is 6.07 Å². The van der Waals surface area contributed by atoms with E-state index in [0.29, 0.717) is 18.0 Å².